The number of amides is 1. The number of carbonyl (C=O) groups is 1. The second-order valence-electron chi connectivity index (χ2n) is 7.30. The van der Waals surface area contributed by atoms with E-state index in [2.05, 4.69) is 15.1 Å². The molecule has 1 unspecified atom stereocenters. The maximum absolute atomic E-state index is 12.8. The molecule has 0 saturated carbocycles. The van der Waals surface area contributed by atoms with Gasteiger partial charge in [0.2, 0.25) is 17.7 Å². The monoisotopic (exact) mass is 392 g/mol. The maximum atomic E-state index is 12.8. The SMILES string of the molecule is Cc1ccc(Oc2cccc(C3CCCN3C(=O)CCc3nc(C)no3)n2)cc1. The molecule has 3 heterocycles. The zero-order valence-corrected chi connectivity index (χ0v) is 16.7. The van der Waals surface area contributed by atoms with Gasteiger partial charge in [0.05, 0.1) is 11.7 Å². The Balaban J connectivity index is 1.43. The van der Waals surface area contributed by atoms with Gasteiger partial charge in [-0.3, -0.25) is 4.79 Å². The van der Waals surface area contributed by atoms with E-state index >= 15 is 0 Å². The van der Waals surface area contributed by atoms with Crippen molar-refractivity contribution in [3.63, 3.8) is 0 Å². The van der Waals surface area contributed by atoms with Crippen LogP contribution in [-0.2, 0) is 11.2 Å². The van der Waals surface area contributed by atoms with Gasteiger partial charge in [0.15, 0.2) is 5.82 Å². The summed E-state index contributed by atoms with van der Waals surface area (Å²) in [7, 11) is 0. The number of nitrogens with zero attached hydrogens (tertiary/aromatic N) is 4. The van der Waals surface area contributed by atoms with Gasteiger partial charge in [0.1, 0.15) is 5.75 Å². The first-order valence-electron chi connectivity index (χ1n) is 9.88. The highest BCUT2D eigenvalue weighted by molar-refractivity contribution is 5.77. The molecule has 0 N–H and O–H groups in total. The van der Waals surface area contributed by atoms with Gasteiger partial charge in [-0.15, -0.1) is 0 Å². The molecule has 0 aliphatic carbocycles. The number of benzene rings is 1. The number of hydrogen-bond donors (Lipinski definition) is 0. The molecule has 7 nitrogen and oxygen atoms in total. The number of aryl methyl sites for hydroxylation is 3. The van der Waals surface area contributed by atoms with E-state index in [1.54, 1.807) is 6.92 Å². The van der Waals surface area contributed by atoms with Crippen LogP contribution in [0, 0.1) is 13.8 Å². The van der Waals surface area contributed by atoms with Crippen molar-refractivity contribution >= 4 is 5.91 Å². The van der Waals surface area contributed by atoms with Crippen LogP contribution in [0.15, 0.2) is 47.0 Å². The fraction of sp³-hybridized carbons (Fsp3) is 0.364. The third kappa shape index (κ3) is 4.62. The minimum atomic E-state index is -0.0338. The number of pyridine rings is 1. The molecule has 1 atom stereocenters. The highest BCUT2D eigenvalue weighted by Gasteiger charge is 2.31. The van der Waals surface area contributed by atoms with Crippen molar-refractivity contribution in [1.29, 1.82) is 0 Å². The molecule has 1 aliphatic rings. The third-order valence-electron chi connectivity index (χ3n) is 5.03. The second-order valence-corrected chi connectivity index (χ2v) is 7.30. The summed E-state index contributed by atoms with van der Waals surface area (Å²) in [6, 6.07) is 13.5. The average Bonchev–Trinajstić information content (AvgIpc) is 3.37. The molecule has 1 amide bonds. The maximum Gasteiger partial charge on any atom is 0.227 e. The van der Waals surface area contributed by atoms with Gasteiger partial charge in [-0.05, 0) is 44.9 Å². The van der Waals surface area contributed by atoms with E-state index in [0.717, 1.165) is 30.8 Å². The van der Waals surface area contributed by atoms with Crippen LogP contribution >= 0.6 is 0 Å². The van der Waals surface area contributed by atoms with E-state index in [9.17, 15) is 4.79 Å². The fourth-order valence-electron chi connectivity index (χ4n) is 3.57. The Labute approximate surface area is 169 Å². The molecule has 0 bridgehead atoms. The molecular weight excluding hydrogens is 368 g/mol. The second kappa shape index (κ2) is 8.43. The van der Waals surface area contributed by atoms with Crippen LogP contribution < -0.4 is 4.74 Å². The first-order valence-corrected chi connectivity index (χ1v) is 9.88. The molecule has 3 aromatic rings. The molecule has 7 heteroatoms. The predicted molar refractivity (Wildman–Crippen MR) is 107 cm³/mol. The normalized spacial score (nSPS) is 16.2. The van der Waals surface area contributed by atoms with Crippen molar-refractivity contribution in [2.75, 3.05) is 6.54 Å². The lowest BCUT2D eigenvalue weighted by Gasteiger charge is -2.24. The van der Waals surface area contributed by atoms with Crippen LogP contribution in [0.5, 0.6) is 11.6 Å². The Kier molecular flexibility index (Phi) is 5.55. The highest BCUT2D eigenvalue weighted by Crippen LogP contribution is 2.33. The smallest absolute Gasteiger partial charge is 0.227 e. The van der Waals surface area contributed by atoms with Gasteiger partial charge in [0, 0.05) is 25.5 Å². The lowest BCUT2D eigenvalue weighted by molar-refractivity contribution is -0.132. The molecular formula is C22H24N4O3. The van der Waals surface area contributed by atoms with Gasteiger partial charge in [-0.25, -0.2) is 4.98 Å². The van der Waals surface area contributed by atoms with Crippen molar-refractivity contribution in [2.45, 2.75) is 45.6 Å². The predicted octanol–water partition coefficient (Wildman–Crippen LogP) is 4.17. The summed E-state index contributed by atoms with van der Waals surface area (Å²) >= 11 is 0. The molecule has 29 heavy (non-hydrogen) atoms. The van der Waals surface area contributed by atoms with E-state index in [1.165, 1.54) is 5.56 Å². The molecule has 1 saturated heterocycles. The van der Waals surface area contributed by atoms with Crippen LogP contribution in [0.2, 0.25) is 0 Å². The number of rotatable bonds is 6. The Bertz CT molecular complexity index is 984. The van der Waals surface area contributed by atoms with Crippen LogP contribution in [0.3, 0.4) is 0 Å². The van der Waals surface area contributed by atoms with Crippen LogP contribution in [0.25, 0.3) is 0 Å². The van der Waals surface area contributed by atoms with Gasteiger partial charge in [0.25, 0.3) is 0 Å². The largest absolute Gasteiger partial charge is 0.439 e. The minimum Gasteiger partial charge on any atom is -0.439 e. The topological polar surface area (TPSA) is 81.4 Å². The molecule has 2 aromatic heterocycles. The number of ether oxygens (including phenoxy) is 1. The molecule has 1 aromatic carbocycles. The van der Waals surface area contributed by atoms with Crippen LogP contribution in [0.4, 0.5) is 0 Å². The summed E-state index contributed by atoms with van der Waals surface area (Å²) in [5, 5.41) is 3.77. The number of aromatic nitrogens is 3. The summed E-state index contributed by atoms with van der Waals surface area (Å²) in [6.45, 7) is 4.54. The first kappa shape index (κ1) is 19.1. The van der Waals surface area contributed by atoms with Crippen molar-refractivity contribution in [1.82, 2.24) is 20.0 Å². The zero-order chi connectivity index (χ0) is 20.2. The van der Waals surface area contributed by atoms with Crippen LogP contribution in [0.1, 0.15) is 48.3 Å². The molecule has 150 valence electrons. The van der Waals surface area contributed by atoms with E-state index in [4.69, 9.17) is 9.26 Å². The molecule has 0 radical (unpaired) electrons. The van der Waals surface area contributed by atoms with E-state index in [0.29, 0.717) is 30.4 Å². The van der Waals surface area contributed by atoms with Gasteiger partial charge >= 0.3 is 0 Å². The highest BCUT2D eigenvalue weighted by atomic mass is 16.5. The third-order valence-corrected chi connectivity index (χ3v) is 5.03. The Morgan fingerprint density at radius 3 is 2.76 bits per heavy atom. The van der Waals surface area contributed by atoms with E-state index < -0.39 is 0 Å². The average molecular weight is 392 g/mol. The van der Waals surface area contributed by atoms with Crippen molar-refractivity contribution in [3.05, 3.63) is 65.4 Å². The summed E-state index contributed by atoms with van der Waals surface area (Å²) in [6.07, 6.45) is 2.65. The molecule has 1 aliphatic heterocycles. The lowest BCUT2D eigenvalue weighted by atomic mass is 10.1. The minimum absolute atomic E-state index is 0.0338. The number of carbonyl (C=O) groups excluding carboxylic acids is 1. The first-order chi connectivity index (χ1) is 14.1. The number of likely N-dealkylation sites (tertiary alicyclic amines) is 1. The number of hydrogen-bond acceptors (Lipinski definition) is 6. The van der Waals surface area contributed by atoms with Crippen molar-refractivity contribution in [3.8, 4) is 11.6 Å². The quantitative estimate of drug-likeness (QED) is 0.626. The summed E-state index contributed by atoms with van der Waals surface area (Å²) < 4.78 is 11.0. The van der Waals surface area contributed by atoms with Gasteiger partial charge in [-0.2, -0.15) is 4.98 Å². The molecule has 0 spiro atoms. The summed E-state index contributed by atoms with van der Waals surface area (Å²) in [5.74, 6) is 2.44. The van der Waals surface area contributed by atoms with Crippen molar-refractivity contribution in [2.24, 2.45) is 0 Å². The Morgan fingerprint density at radius 2 is 2.00 bits per heavy atom. The van der Waals surface area contributed by atoms with Crippen molar-refractivity contribution < 1.29 is 14.1 Å². The van der Waals surface area contributed by atoms with E-state index in [1.807, 2.05) is 54.3 Å². The molecule has 4 rings (SSSR count). The molecule has 1 fully saturated rings. The summed E-state index contributed by atoms with van der Waals surface area (Å²) in [4.78, 5) is 23.5. The Morgan fingerprint density at radius 1 is 1.17 bits per heavy atom. The van der Waals surface area contributed by atoms with Gasteiger partial charge < -0.3 is 14.2 Å². The lowest BCUT2D eigenvalue weighted by Crippen LogP contribution is -2.31. The van der Waals surface area contributed by atoms with Crippen LogP contribution in [-0.4, -0.2) is 32.5 Å². The standard InChI is InChI=1S/C22H24N4O3/c1-15-8-10-17(11-9-15)28-20-7-3-5-18(24-20)19-6-4-14-26(19)22(27)13-12-21-23-16(2)25-29-21/h3,5,7-11,19H,4,6,12-14H2,1-2H3. The van der Waals surface area contributed by atoms with E-state index in [-0.39, 0.29) is 11.9 Å². The Hall–Kier alpha value is -3.22. The zero-order valence-electron chi connectivity index (χ0n) is 16.7. The summed E-state index contributed by atoms with van der Waals surface area (Å²) in [5.41, 5.74) is 2.03. The fourth-order valence-corrected chi connectivity index (χ4v) is 3.57. The van der Waals surface area contributed by atoms with Gasteiger partial charge in [-0.1, -0.05) is 28.9 Å².